The van der Waals surface area contributed by atoms with Gasteiger partial charge in [-0.25, -0.2) is 4.68 Å². The van der Waals surface area contributed by atoms with Crippen LogP contribution in [0.3, 0.4) is 0 Å². The van der Waals surface area contributed by atoms with Gasteiger partial charge in [0.15, 0.2) is 0 Å². The lowest BCUT2D eigenvalue weighted by molar-refractivity contribution is -0.144. The van der Waals surface area contributed by atoms with Crippen molar-refractivity contribution < 1.29 is 24.5 Å². The van der Waals surface area contributed by atoms with E-state index in [1.165, 1.54) is 12.0 Å². The molecule has 4 atom stereocenters. The van der Waals surface area contributed by atoms with Crippen LogP contribution < -0.4 is 10.1 Å². The van der Waals surface area contributed by atoms with Gasteiger partial charge in [0.1, 0.15) is 17.8 Å². The molecule has 3 unspecified atom stereocenters. The number of nitrogens with one attached hydrogen (secondary N) is 1. The average molecular weight is 564 g/mol. The molecule has 0 spiro atoms. The van der Waals surface area contributed by atoms with Gasteiger partial charge in [-0.15, -0.1) is 5.10 Å². The maximum atomic E-state index is 13.9. The number of aliphatic hydroxyl groups is 2. The molecule has 36 heavy (non-hydrogen) atoms. The van der Waals surface area contributed by atoms with Gasteiger partial charge >= 0.3 is 0 Å². The number of rotatable bonds is 8. The summed E-state index contributed by atoms with van der Waals surface area (Å²) in [5, 5.41) is 31.9. The van der Waals surface area contributed by atoms with Gasteiger partial charge in [-0.2, -0.15) is 0 Å². The number of β-amino-alcohol motifs (C(OH)–C–C–N with tert-alkyl or cyclic N) is 1. The number of amides is 2. The second-order valence-electron chi connectivity index (χ2n) is 10.7. The summed E-state index contributed by atoms with van der Waals surface area (Å²) >= 11 is 3.41. The molecule has 2 heterocycles. The van der Waals surface area contributed by atoms with E-state index in [9.17, 15) is 19.8 Å². The summed E-state index contributed by atoms with van der Waals surface area (Å²) in [6.45, 7) is 5.50. The zero-order valence-corrected chi connectivity index (χ0v) is 22.6. The molecule has 1 aromatic heterocycles. The monoisotopic (exact) mass is 563 g/mol. The normalized spacial score (nSPS) is 21.8. The number of aliphatic hydroxyl groups excluding tert-OH is 2. The van der Waals surface area contributed by atoms with E-state index in [0.29, 0.717) is 17.2 Å². The smallest absolute Gasteiger partial charge is 0.248 e. The Kier molecular flexibility index (Phi) is 7.72. The quantitative estimate of drug-likeness (QED) is 0.449. The molecule has 2 amide bonds. The van der Waals surface area contributed by atoms with Crippen LogP contribution in [0, 0.1) is 5.41 Å². The van der Waals surface area contributed by atoms with E-state index in [2.05, 4.69) is 31.6 Å². The fourth-order valence-electron chi connectivity index (χ4n) is 4.79. The largest absolute Gasteiger partial charge is 0.496 e. The number of carbonyl (C=O) groups excluding carboxylic acids is 2. The summed E-state index contributed by atoms with van der Waals surface area (Å²) in [7, 11) is 1.52. The molecule has 0 bridgehead atoms. The number of nitrogens with zero attached hydrogens (tertiary/aromatic N) is 4. The van der Waals surface area contributed by atoms with Crippen molar-refractivity contribution in [2.45, 2.75) is 70.2 Å². The van der Waals surface area contributed by atoms with Gasteiger partial charge in [0.25, 0.3) is 0 Å². The van der Waals surface area contributed by atoms with E-state index >= 15 is 0 Å². The third-order valence-corrected chi connectivity index (χ3v) is 7.27. The number of halogens is 1. The maximum absolute atomic E-state index is 13.9. The van der Waals surface area contributed by atoms with Crippen molar-refractivity contribution in [2.24, 2.45) is 5.41 Å². The molecule has 1 aliphatic carbocycles. The van der Waals surface area contributed by atoms with Crippen molar-refractivity contribution in [1.29, 1.82) is 0 Å². The minimum Gasteiger partial charge on any atom is -0.496 e. The molecular weight excluding hydrogens is 530 g/mol. The van der Waals surface area contributed by atoms with Gasteiger partial charge in [0, 0.05) is 35.1 Å². The number of hydrogen-bond donors (Lipinski definition) is 3. The third kappa shape index (κ3) is 5.57. The highest BCUT2D eigenvalue weighted by molar-refractivity contribution is 9.10. The minimum absolute atomic E-state index is 0.0394. The van der Waals surface area contributed by atoms with Crippen molar-refractivity contribution in [3.8, 4) is 5.75 Å². The second-order valence-corrected chi connectivity index (χ2v) is 11.6. The highest BCUT2D eigenvalue weighted by Gasteiger charge is 2.45. The third-order valence-electron chi connectivity index (χ3n) is 6.77. The molecule has 2 aromatic rings. The molecule has 2 fully saturated rings. The van der Waals surface area contributed by atoms with E-state index in [4.69, 9.17) is 4.74 Å². The summed E-state index contributed by atoms with van der Waals surface area (Å²) in [6.07, 6.45) is 3.24. The number of benzene rings is 1. The fourth-order valence-corrected chi connectivity index (χ4v) is 5.17. The first-order chi connectivity index (χ1) is 17.0. The van der Waals surface area contributed by atoms with E-state index < -0.39 is 35.6 Å². The van der Waals surface area contributed by atoms with Crippen LogP contribution in [0.1, 0.15) is 69.3 Å². The highest BCUT2D eigenvalue weighted by atomic mass is 79.9. The molecule has 0 radical (unpaired) electrons. The molecule has 3 N–H and O–H groups in total. The summed E-state index contributed by atoms with van der Waals surface area (Å²) in [6, 6.07) is 2.97. The molecule has 196 valence electrons. The van der Waals surface area contributed by atoms with Gasteiger partial charge in [-0.1, -0.05) is 41.9 Å². The summed E-state index contributed by atoms with van der Waals surface area (Å²) < 4.78 is 7.77. The first-order valence-electron chi connectivity index (χ1n) is 12.2. The van der Waals surface area contributed by atoms with Crippen LogP contribution in [-0.4, -0.2) is 74.3 Å². The van der Waals surface area contributed by atoms with E-state index in [1.807, 2.05) is 27.0 Å². The molecule has 1 aliphatic heterocycles. The van der Waals surface area contributed by atoms with Gasteiger partial charge in [0.05, 0.1) is 31.6 Å². The van der Waals surface area contributed by atoms with Crippen LogP contribution in [-0.2, 0) is 9.59 Å². The second kappa shape index (κ2) is 10.5. The van der Waals surface area contributed by atoms with Gasteiger partial charge in [-0.3, -0.25) is 9.59 Å². The number of ether oxygens (including phenoxy) is 1. The number of methoxy groups -OCH3 is 1. The highest BCUT2D eigenvalue weighted by Crippen LogP contribution is 2.40. The lowest BCUT2D eigenvalue weighted by Gasteiger charge is -2.35. The lowest BCUT2D eigenvalue weighted by Crippen LogP contribution is -2.51. The van der Waals surface area contributed by atoms with Gasteiger partial charge in [-0.05, 0) is 36.5 Å². The number of aromatic nitrogens is 3. The van der Waals surface area contributed by atoms with Crippen LogP contribution >= 0.6 is 15.9 Å². The molecule has 10 nitrogen and oxygen atoms in total. The zero-order chi connectivity index (χ0) is 26.2. The molecule has 4 rings (SSSR count). The van der Waals surface area contributed by atoms with Crippen molar-refractivity contribution >= 4 is 27.7 Å². The van der Waals surface area contributed by atoms with Crippen molar-refractivity contribution in [1.82, 2.24) is 25.2 Å². The van der Waals surface area contributed by atoms with Crippen LogP contribution in [0.2, 0.25) is 0 Å². The Labute approximate surface area is 219 Å². The van der Waals surface area contributed by atoms with E-state index in [0.717, 1.165) is 23.0 Å². The van der Waals surface area contributed by atoms with Crippen LogP contribution in [0.5, 0.6) is 5.75 Å². The molecule has 1 saturated carbocycles. The molecule has 2 aliphatic rings. The van der Waals surface area contributed by atoms with Crippen molar-refractivity contribution in [2.75, 3.05) is 20.3 Å². The Balaban J connectivity index is 1.57. The van der Waals surface area contributed by atoms with E-state index in [1.54, 1.807) is 22.9 Å². The predicted octanol–water partition coefficient (Wildman–Crippen LogP) is 2.33. The fraction of sp³-hybridized carbons (Fsp3) is 0.600. The standard InChI is InChI=1S/C25H34BrN5O5/c1-25(2,3)22(31-12-18(28-29-31)14-5-6-14)24(35)30-11-16(33)10-20(30)23(34)27-19(13-32)17-9-15(26)7-8-21(17)36-4/h7-9,12,14,16,19-20,22,32-33H,5-6,10-11,13H2,1-4H3,(H,27,34)/t16?,19?,20?,22-/m1/s1. The zero-order valence-electron chi connectivity index (χ0n) is 21.0. The minimum atomic E-state index is -0.893. The molecule has 11 heteroatoms. The summed E-state index contributed by atoms with van der Waals surface area (Å²) in [5.41, 5.74) is 0.959. The Hall–Kier alpha value is -2.50. The SMILES string of the molecule is COc1ccc(Br)cc1C(CO)NC(=O)C1CC(O)CN1C(=O)[C@@H](n1cc(C2CC2)nn1)C(C)(C)C. The molecule has 1 saturated heterocycles. The number of likely N-dealkylation sites (tertiary alicyclic amines) is 1. The van der Waals surface area contributed by atoms with Crippen LogP contribution in [0.25, 0.3) is 0 Å². The Morgan fingerprint density at radius 2 is 2.03 bits per heavy atom. The van der Waals surface area contributed by atoms with Gasteiger partial charge in [0.2, 0.25) is 11.8 Å². The summed E-state index contributed by atoms with van der Waals surface area (Å²) in [4.78, 5) is 28.7. The maximum Gasteiger partial charge on any atom is 0.248 e. The lowest BCUT2D eigenvalue weighted by atomic mass is 9.85. The van der Waals surface area contributed by atoms with Crippen molar-refractivity contribution in [3.05, 3.63) is 40.1 Å². The average Bonchev–Trinajstić information content (AvgIpc) is 3.43. The Morgan fingerprint density at radius 1 is 1.31 bits per heavy atom. The topological polar surface area (TPSA) is 130 Å². The summed E-state index contributed by atoms with van der Waals surface area (Å²) in [5.74, 6) is 0.160. The van der Waals surface area contributed by atoms with E-state index in [-0.39, 0.29) is 25.5 Å². The Bertz CT molecular complexity index is 1110. The van der Waals surface area contributed by atoms with Crippen molar-refractivity contribution in [3.63, 3.8) is 0 Å². The molecule has 1 aromatic carbocycles. The predicted molar refractivity (Wildman–Crippen MR) is 135 cm³/mol. The first-order valence-corrected chi connectivity index (χ1v) is 13.0. The van der Waals surface area contributed by atoms with Crippen LogP contribution in [0.4, 0.5) is 0 Å². The molecular formula is C25H34BrN5O5. The number of carbonyl (C=O) groups is 2. The Morgan fingerprint density at radius 3 is 2.64 bits per heavy atom. The number of hydrogen-bond acceptors (Lipinski definition) is 7. The van der Waals surface area contributed by atoms with Crippen LogP contribution in [0.15, 0.2) is 28.9 Å². The van der Waals surface area contributed by atoms with Gasteiger partial charge < -0.3 is 25.2 Å². The first kappa shape index (κ1) is 26.6.